The van der Waals surface area contributed by atoms with Crippen LogP contribution in [0.3, 0.4) is 0 Å². The molecule has 0 aliphatic heterocycles. The van der Waals surface area contributed by atoms with E-state index in [4.69, 9.17) is 23.2 Å². The number of nitrogens with zero attached hydrogens (tertiary/aromatic N) is 1. The summed E-state index contributed by atoms with van der Waals surface area (Å²) in [4.78, 5) is 15.1. The summed E-state index contributed by atoms with van der Waals surface area (Å²) in [6.07, 6.45) is 1.21. The number of carbonyl (C=O) groups excluding carboxylic acids is 1. The van der Waals surface area contributed by atoms with Crippen molar-refractivity contribution in [2.45, 2.75) is 4.90 Å². The van der Waals surface area contributed by atoms with Gasteiger partial charge in [0.05, 0.1) is 27.6 Å². The van der Waals surface area contributed by atoms with Crippen molar-refractivity contribution >= 4 is 45.0 Å². The zero-order chi connectivity index (χ0) is 16.3. The van der Waals surface area contributed by atoms with Gasteiger partial charge in [-0.2, -0.15) is 0 Å². The third kappa shape index (κ3) is 3.68. The molecule has 22 heavy (non-hydrogen) atoms. The number of methoxy groups -OCH3 is 1. The van der Waals surface area contributed by atoms with Crippen LogP contribution < -0.4 is 4.72 Å². The Bertz CT molecular complexity index is 807. The minimum Gasteiger partial charge on any atom is -0.465 e. The second-order valence-electron chi connectivity index (χ2n) is 4.11. The van der Waals surface area contributed by atoms with Gasteiger partial charge in [0.15, 0.2) is 0 Å². The van der Waals surface area contributed by atoms with Crippen LogP contribution in [-0.4, -0.2) is 26.5 Å². The van der Waals surface area contributed by atoms with E-state index in [1.807, 2.05) is 0 Å². The van der Waals surface area contributed by atoms with Gasteiger partial charge in [0.2, 0.25) is 0 Å². The monoisotopic (exact) mass is 360 g/mol. The van der Waals surface area contributed by atoms with E-state index in [0.29, 0.717) is 0 Å². The second-order valence-corrected chi connectivity index (χ2v) is 6.60. The molecule has 116 valence electrons. The lowest BCUT2D eigenvalue weighted by Crippen LogP contribution is -2.14. The van der Waals surface area contributed by atoms with Gasteiger partial charge in [-0.05, 0) is 30.3 Å². The Hall–Kier alpha value is -1.83. The summed E-state index contributed by atoms with van der Waals surface area (Å²) in [7, 11) is -2.62. The lowest BCUT2D eigenvalue weighted by atomic mass is 10.3. The minimum absolute atomic E-state index is 0.0544. The highest BCUT2D eigenvalue weighted by atomic mass is 35.5. The third-order valence-electron chi connectivity index (χ3n) is 2.62. The van der Waals surface area contributed by atoms with Gasteiger partial charge in [-0.25, -0.2) is 18.2 Å². The Morgan fingerprint density at radius 2 is 1.91 bits per heavy atom. The van der Waals surface area contributed by atoms with Crippen LogP contribution in [0.15, 0.2) is 41.4 Å². The average Bonchev–Trinajstić information content (AvgIpc) is 2.49. The van der Waals surface area contributed by atoms with Crippen molar-refractivity contribution in [3.05, 3.63) is 52.1 Å². The van der Waals surface area contributed by atoms with Crippen molar-refractivity contribution in [3.63, 3.8) is 0 Å². The van der Waals surface area contributed by atoms with Gasteiger partial charge in [0, 0.05) is 6.20 Å². The van der Waals surface area contributed by atoms with E-state index in [-0.39, 0.29) is 26.3 Å². The number of halogens is 2. The molecule has 1 N–H and O–H groups in total. The number of benzene rings is 1. The molecule has 0 atom stereocenters. The van der Waals surface area contributed by atoms with Crippen LogP contribution in [0.5, 0.6) is 0 Å². The number of hydrogen-bond acceptors (Lipinski definition) is 5. The van der Waals surface area contributed by atoms with Gasteiger partial charge in [0.1, 0.15) is 5.82 Å². The van der Waals surface area contributed by atoms with E-state index >= 15 is 0 Å². The molecule has 2 aromatic rings. The molecule has 0 aliphatic rings. The summed E-state index contributed by atoms with van der Waals surface area (Å²) in [5.74, 6) is -0.509. The van der Waals surface area contributed by atoms with Crippen molar-refractivity contribution in [2.75, 3.05) is 11.8 Å². The number of aromatic nitrogens is 1. The lowest BCUT2D eigenvalue weighted by molar-refractivity contribution is 0.0600. The first-order chi connectivity index (χ1) is 10.3. The molecule has 0 bridgehead atoms. The first kappa shape index (κ1) is 16.5. The van der Waals surface area contributed by atoms with E-state index < -0.39 is 16.0 Å². The van der Waals surface area contributed by atoms with Crippen LogP contribution in [0, 0.1) is 0 Å². The van der Waals surface area contributed by atoms with E-state index in [2.05, 4.69) is 14.4 Å². The second kappa shape index (κ2) is 6.51. The number of ether oxygens (including phenoxy) is 1. The summed E-state index contributed by atoms with van der Waals surface area (Å²) in [6.45, 7) is 0. The van der Waals surface area contributed by atoms with E-state index in [0.717, 1.165) is 0 Å². The van der Waals surface area contributed by atoms with Gasteiger partial charge in [-0.1, -0.05) is 23.2 Å². The van der Waals surface area contributed by atoms with Crippen LogP contribution in [0.4, 0.5) is 5.82 Å². The molecule has 2 rings (SSSR count). The summed E-state index contributed by atoms with van der Waals surface area (Å²) < 4.78 is 31.2. The maximum atomic E-state index is 12.2. The standard InChI is InChI=1S/C13H10Cl2N2O4S/c1-21-13(18)8-2-5-12(16-7-8)17-22(19,20)9-3-4-10(14)11(15)6-9/h2-7H,1H3,(H,16,17). The van der Waals surface area contributed by atoms with Gasteiger partial charge in [0.25, 0.3) is 10.0 Å². The molecular formula is C13H10Cl2N2O4S. The SMILES string of the molecule is COC(=O)c1ccc(NS(=O)(=O)c2ccc(Cl)c(Cl)c2)nc1. The molecule has 0 spiro atoms. The molecular weight excluding hydrogens is 351 g/mol. The molecule has 0 radical (unpaired) electrons. The zero-order valence-electron chi connectivity index (χ0n) is 11.2. The van der Waals surface area contributed by atoms with Crippen molar-refractivity contribution in [2.24, 2.45) is 0 Å². The van der Waals surface area contributed by atoms with Crippen molar-refractivity contribution in [3.8, 4) is 0 Å². The summed E-state index contributed by atoms with van der Waals surface area (Å²) in [6, 6.07) is 6.67. The first-order valence-electron chi connectivity index (χ1n) is 5.86. The van der Waals surface area contributed by atoms with Gasteiger partial charge >= 0.3 is 5.97 Å². The van der Waals surface area contributed by atoms with E-state index in [1.165, 1.54) is 43.6 Å². The Morgan fingerprint density at radius 3 is 2.45 bits per heavy atom. The largest absolute Gasteiger partial charge is 0.465 e. The molecule has 1 aromatic heterocycles. The van der Waals surface area contributed by atoms with Crippen molar-refractivity contribution in [1.82, 2.24) is 4.98 Å². The summed E-state index contributed by atoms with van der Waals surface area (Å²) in [5.41, 5.74) is 0.208. The predicted octanol–water partition coefficient (Wildman–Crippen LogP) is 2.98. The maximum Gasteiger partial charge on any atom is 0.339 e. The summed E-state index contributed by atoms with van der Waals surface area (Å²) in [5, 5.41) is 0.375. The zero-order valence-corrected chi connectivity index (χ0v) is 13.5. The van der Waals surface area contributed by atoms with Crippen LogP contribution in [-0.2, 0) is 14.8 Å². The highest BCUT2D eigenvalue weighted by molar-refractivity contribution is 7.92. The number of esters is 1. The van der Waals surface area contributed by atoms with Crippen molar-refractivity contribution in [1.29, 1.82) is 0 Å². The molecule has 1 heterocycles. The normalized spacial score (nSPS) is 11.0. The first-order valence-corrected chi connectivity index (χ1v) is 8.09. The van der Waals surface area contributed by atoms with E-state index in [9.17, 15) is 13.2 Å². The molecule has 0 aliphatic carbocycles. The Kier molecular flexibility index (Phi) is 4.90. The fourth-order valence-electron chi connectivity index (χ4n) is 1.53. The molecule has 0 unspecified atom stereocenters. The number of carbonyl (C=O) groups is 1. The van der Waals surface area contributed by atoms with Crippen molar-refractivity contribution < 1.29 is 17.9 Å². The third-order valence-corrected chi connectivity index (χ3v) is 4.72. The average molecular weight is 361 g/mol. The molecule has 0 saturated heterocycles. The molecule has 1 aromatic carbocycles. The number of hydrogen-bond donors (Lipinski definition) is 1. The van der Waals surface area contributed by atoms with Gasteiger partial charge in [-0.15, -0.1) is 0 Å². The molecule has 0 fully saturated rings. The quantitative estimate of drug-likeness (QED) is 0.847. The predicted molar refractivity (Wildman–Crippen MR) is 82.8 cm³/mol. The Balaban J connectivity index is 2.25. The minimum atomic E-state index is -3.86. The molecule has 9 heteroatoms. The summed E-state index contributed by atoms with van der Waals surface area (Å²) >= 11 is 11.6. The Morgan fingerprint density at radius 1 is 1.18 bits per heavy atom. The fourth-order valence-corrected chi connectivity index (χ4v) is 2.93. The maximum absolute atomic E-state index is 12.2. The number of sulfonamides is 1. The number of anilines is 1. The highest BCUT2D eigenvalue weighted by Gasteiger charge is 2.16. The lowest BCUT2D eigenvalue weighted by Gasteiger charge is -2.08. The van der Waals surface area contributed by atoms with Crippen LogP contribution in [0.2, 0.25) is 10.0 Å². The molecule has 0 saturated carbocycles. The fraction of sp³-hybridized carbons (Fsp3) is 0.0769. The van der Waals surface area contributed by atoms with Crippen LogP contribution in [0.1, 0.15) is 10.4 Å². The number of rotatable bonds is 4. The molecule has 6 nitrogen and oxygen atoms in total. The highest BCUT2D eigenvalue weighted by Crippen LogP contribution is 2.25. The smallest absolute Gasteiger partial charge is 0.339 e. The van der Waals surface area contributed by atoms with Crippen LogP contribution in [0.25, 0.3) is 0 Å². The molecule has 0 amide bonds. The van der Waals surface area contributed by atoms with Crippen LogP contribution >= 0.6 is 23.2 Å². The van der Waals surface area contributed by atoms with Gasteiger partial charge in [-0.3, -0.25) is 4.72 Å². The van der Waals surface area contributed by atoms with E-state index in [1.54, 1.807) is 0 Å². The topological polar surface area (TPSA) is 85.4 Å². The number of pyridine rings is 1. The van der Waals surface area contributed by atoms with Gasteiger partial charge < -0.3 is 4.74 Å². The Labute approximate surface area is 137 Å². The number of nitrogens with one attached hydrogen (secondary N) is 1.